The molecule has 0 spiro atoms. The summed E-state index contributed by atoms with van der Waals surface area (Å²) in [6.45, 7) is 1.82. The summed E-state index contributed by atoms with van der Waals surface area (Å²) in [4.78, 5) is 21.8. The molecule has 0 unspecified atom stereocenters. The highest BCUT2D eigenvalue weighted by Crippen LogP contribution is 2.11. The van der Waals surface area contributed by atoms with Gasteiger partial charge in [-0.25, -0.2) is 5.01 Å². The number of nitrogens with zero attached hydrogens (tertiary/aromatic N) is 3. The van der Waals surface area contributed by atoms with E-state index >= 15 is 0 Å². The minimum absolute atomic E-state index is 0.0184. The predicted octanol–water partition coefficient (Wildman–Crippen LogP) is 2.98. The van der Waals surface area contributed by atoms with Crippen LogP contribution in [0, 0.1) is 10.1 Å². The third-order valence-corrected chi connectivity index (χ3v) is 2.99. The second-order valence-electron chi connectivity index (χ2n) is 4.66. The van der Waals surface area contributed by atoms with Crippen molar-refractivity contribution in [3.05, 3.63) is 75.8 Å². The summed E-state index contributed by atoms with van der Waals surface area (Å²) in [5.74, 6) is -0.179. The lowest BCUT2D eigenvalue weighted by atomic mass is 10.2. The first kappa shape index (κ1) is 15.4. The summed E-state index contributed by atoms with van der Waals surface area (Å²) in [6.07, 6.45) is 1.51. The molecular formula is C16H15N3O3. The predicted molar refractivity (Wildman–Crippen MR) is 83.4 cm³/mol. The van der Waals surface area contributed by atoms with Gasteiger partial charge in [0.2, 0.25) is 5.91 Å². The molecule has 0 atom stereocenters. The minimum atomic E-state index is -0.460. The lowest BCUT2D eigenvalue weighted by Crippen LogP contribution is -2.22. The van der Waals surface area contributed by atoms with Crippen LogP contribution in [0.25, 0.3) is 0 Å². The van der Waals surface area contributed by atoms with Crippen molar-refractivity contribution < 1.29 is 9.72 Å². The van der Waals surface area contributed by atoms with Gasteiger partial charge in [0.05, 0.1) is 17.7 Å². The molecule has 0 fully saturated rings. The third kappa shape index (κ3) is 4.24. The van der Waals surface area contributed by atoms with Crippen LogP contribution in [-0.4, -0.2) is 22.1 Å². The molecule has 6 nitrogen and oxygen atoms in total. The van der Waals surface area contributed by atoms with Crippen LogP contribution in [0.5, 0.6) is 0 Å². The van der Waals surface area contributed by atoms with E-state index in [0.717, 1.165) is 5.56 Å². The van der Waals surface area contributed by atoms with E-state index in [1.165, 1.54) is 30.3 Å². The molecule has 112 valence electrons. The van der Waals surface area contributed by atoms with E-state index in [0.29, 0.717) is 12.1 Å². The fourth-order valence-electron chi connectivity index (χ4n) is 1.81. The van der Waals surface area contributed by atoms with Gasteiger partial charge in [0.15, 0.2) is 0 Å². The number of carbonyl (C=O) groups is 1. The molecule has 0 saturated heterocycles. The zero-order chi connectivity index (χ0) is 15.9. The topological polar surface area (TPSA) is 75.8 Å². The molecule has 0 N–H and O–H groups in total. The Balaban J connectivity index is 2.10. The molecule has 0 radical (unpaired) electrons. The summed E-state index contributed by atoms with van der Waals surface area (Å²) in [6, 6.07) is 15.5. The first-order valence-corrected chi connectivity index (χ1v) is 6.67. The van der Waals surface area contributed by atoms with E-state index in [4.69, 9.17) is 0 Å². The number of nitro groups is 1. The van der Waals surface area contributed by atoms with Crippen molar-refractivity contribution in [2.24, 2.45) is 5.10 Å². The summed E-state index contributed by atoms with van der Waals surface area (Å²) in [7, 11) is 0. The quantitative estimate of drug-likeness (QED) is 0.483. The normalized spacial score (nSPS) is 10.6. The molecule has 0 aliphatic heterocycles. The smallest absolute Gasteiger partial charge is 0.269 e. The molecule has 0 heterocycles. The van der Waals surface area contributed by atoms with Crippen molar-refractivity contribution in [1.29, 1.82) is 0 Å². The lowest BCUT2D eigenvalue weighted by molar-refractivity contribution is -0.384. The number of carbonyl (C=O) groups excluding carboxylic acids is 1. The van der Waals surface area contributed by atoms with Crippen LogP contribution in [0.1, 0.15) is 18.1 Å². The fourth-order valence-corrected chi connectivity index (χ4v) is 1.81. The molecule has 2 aromatic carbocycles. The van der Waals surface area contributed by atoms with E-state index in [1.807, 2.05) is 30.3 Å². The highest BCUT2D eigenvalue weighted by atomic mass is 16.6. The van der Waals surface area contributed by atoms with Gasteiger partial charge in [0.25, 0.3) is 5.69 Å². The summed E-state index contributed by atoms with van der Waals surface area (Å²) in [5.41, 5.74) is 1.67. The molecule has 0 aromatic heterocycles. The Hall–Kier alpha value is -3.02. The molecule has 0 aliphatic rings. The van der Waals surface area contributed by atoms with Gasteiger partial charge in [0.1, 0.15) is 0 Å². The Kier molecular flexibility index (Phi) is 4.98. The van der Waals surface area contributed by atoms with Crippen LogP contribution >= 0.6 is 0 Å². The number of hydrogen-bond donors (Lipinski definition) is 0. The van der Waals surface area contributed by atoms with Crippen molar-refractivity contribution in [3.63, 3.8) is 0 Å². The van der Waals surface area contributed by atoms with Crippen molar-refractivity contribution in [2.75, 3.05) is 0 Å². The number of rotatable bonds is 5. The maximum absolute atomic E-state index is 11.6. The van der Waals surface area contributed by atoms with Gasteiger partial charge in [0, 0.05) is 19.1 Å². The third-order valence-electron chi connectivity index (χ3n) is 2.99. The average molecular weight is 297 g/mol. The largest absolute Gasteiger partial charge is 0.273 e. The minimum Gasteiger partial charge on any atom is -0.273 e. The number of amides is 1. The Morgan fingerprint density at radius 1 is 1.18 bits per heavy atom. The first-order chi connectivity index (χ1) is 10.6. The highest BCUT2D eigenvalue weighted by Gasteiger charge is 2.07. The van der Waals surface area contributed by atoms with Crippen LogP contribution < -0.4 is 0 Å². The van der Waals surface area contributed by atoms with Crippen LogP contribution in [0.4, 0.5) is 5.69 Å². The molecular weight excluding hydrogens is 282 g/mol. The van der Waals surface area contributed by atoms with E-state index in [-0.39, 0.29) is 11.6 Å². The van der Waals surface area contributed by atoms with E-state index in [1.54, 1.807) is 12.1 Å². The van der Waals surface area contributed by atoms with Crippen LogP contribution in [0.3, 0.4) is 0 Å². The number of benzene rings is 2. The van der Waals surface area contributed by atoms with E-state index < -0.39 is 4.92 Å². The standard InChI is InChI=1S/C16H15N3O3/c1-13(20)18(12-15-5-3-2-4-6-15)17-11-14-7-9-16(10-8-14)19(21)22/h2-11H,12H2,1H3/b17-11+. The van der Waals surface area contributed by atoms with Crippen LogP contribution in [0.15, 0.2) is 59.7 Å². The van der Waals surface area contributed by atoms with Crippen molar-refractivity contribution >= 4 is 17.8 Å². The zero-order valence-electron chi connectivity index (χ0n) is 12.0. The van der Waals surface area contributed by atoms with E-state index in [2.05, 4.69) is 5.10 Å². The Morgan fingerprint density at radius 2 is 1.82 bits per heavy atom. The molecule has 22 heavy (non-hydrogen) atoms. The number of non-ortho nitro benzene ring substituents is 1. The van der Waals surface area contributed by atoms with Gasteiger partial charge in [-0.2, -0.15) is 5.10 Å². The highest BCUT2D eigenvalue weighted by molar-refractivity contribution is 5.82. The second kappa shape index (κ2) is 7.12. The molecule has 6 heteroatoms. The molecule has 0 saturated carbocycles. The summed E-state index contributed by atoms with van der Waals surface area (Å²) in [5, 5.41) is 16.1. The fraction of sp³-hybridized carbons (Fsp3) is 0.125. The van der Waals surface area contributed by atoms with Gasteiger partial charge >= 0.3 is 0 Å². The van der Waals surface area contributed by atoms with Gasteiger partial charge in [-0.15, -0.1) is 0 Å². The Bertz CT molecular complexity index is 682. The maximum Gasteiger partial charge on any atom is 0.269 e. The molecule has 2 aromatic rings. The zero-order valence-corrected chi connectivity index (χ0v) is 12.0. The lowest BCUT2D eigenvalue weighted by Gasteiger charge is -2.14. The molecule has 2 rings (SSSR count). The Labute approximate surface area is 127 Å². The second-order valence-corrected chi connectivity index (χ2v) is 4.66. The number of nitro benzene ring substituents is 1. The van der Waals surface area contributed by atoms with Gasteiger partial charge in [-0.3, -0.25) is 14.9 Å². The first-order valence-electron chi connectivity index (χ1n) is 6.67. The molecule has 0 aliphatic carbocycles. The van der Waals surface area contributed by atoms with Crippen molar-refractivity contribution in [1.82, 2.24) is 5.01 Å². The number of hydrogen-bond acceptors (Lipinski definition) is 4. The van der Waals surface area contributed by atoms with Gasteiger partial charge in [-0.05, 0) is 23.3 Å². The van der Waals surface area contributed by atoms with Gasteiger partial charge < -0.3 is 0 Å². The SMILES string of the molecule is CC(=O)N(Cc1ccccc1)/N=C/c1ccc([N+](=O)[O-])cc1. The van der Waals surface area contributed by atoms with Gasteiger partial charge in [-0.1, -0.05) is 30.3 Å². The Morgan fingerprint density at radius 3 is 2.36 bits per heavy atom. The molecule has 0 bridgehead atoms. The molecule has 1 amide bonds. The van der Waals surface area contributed by atoms with Crippen molar-refractivity contribution in [2.45, 2.75) is 13.5 Å². The monoisotopic (exact) mass is 297 g/mol. The van der Waals surface area contributed by atoms with Crippen LogP contribution in [-0.2, 0) is 11.3 Å². The number of hydrazone groups is 1. The van der Waals surface area contributed by atoms with Crippen molar-refractivity contribution in [3.8, 4) is 0 Å². The average Bonchev–Trinajstić information content (AvgIpc) is 2.52. The maximum atomic E-state index is 11.6. The van der Waals surface area contributed by atoms with E-state index in [9.17, 15) is 14.9 Å². The summed E-state index contributed by atoms with van der Waals surface area (Å²) >= 11 is 0. The summed E-state index contributed by atoms with van der Waals surface area (Å²) < 4.78 is 0. The van der Waals surface area contributed by atoms with Crippen LogP contribution in [0.2, 0.25) is 0 Å².